The zero-order chi connectivity index (χ0) is 31.7. The lowest BCUT2D eigenvalue weighted by Gasteiger charge is -2.35. The SMILES string of the molecule is COC(=O)[C@@H]1[C@H](NC(=O)c2cc(OC3CCC(C)(C(=O)OCc4cccc5ccccc45)CC3)c(C)cc2OC)[C@H]2C=C[C@@H]1C2. The molecule has 3 aliphatic carbocycles. The molecule has 236 valence electrons. The van der Waals surface area contributed by atoms with E-state index in [4.69, 9.17) is 18.9 Å². The number of hydrogen-bond donors (Lipinski definition) is 1. The number of aryl methyl sites for hydroxylation is 1. The second-order valence-corrected chi connectivity index (χ2v) is 12.9. The number of allylic oxidation sites excluding steroid dienone is 1. The summed E-state index contributed by atoms with van der Waals surface area (Å²) in [6.45, 7) is 4.14. The van der Waals surface area contributed by atoms with Crippen molar-refractivity contribution in [2.75, 3.05) is 14.2 Å². The van der Waals surface area contributed by atoms with E-state index in [0.29, 0.717) is 42.7 Å². The van der Waals surface area contributed by atoms with Gasteiger partial charge in [0.25, 0.3) is 5.91 Å². The zero-order valence-corrected chi connectivity index (χ0v) is 26.3. The minimum Gasteiger partial charge on any atom is -0.496 e. The van der Waals surface area contributed by atoms with E-state index < -0.39 is 11.3 Å². The average Bonchev–Trinajstić information content (AvgIpc) is 3.67. The molecule has 0 radical (unpaired) electrons. The first-order chi connectivity index (χ1) is 21.7. The summed E-state index contributed by atoms with van der Waals surface area (Å²) in [5.41, 5.74) is 1.61. The molecule has 0 spiro atoms. The van der Waals surface area contributed by atoms with Crippen LogP contribution >= 0.6 is 0 Å². The lowest BCUT2D eigenvalue weighted by molar-refractivity contribution is -0.159. The minimum absolute atomic E-state index is 0.0686. The third-order valence-corrected chi connectivity index (χ3v) is 10.0. The highest BCUT2D eigenvalue weighted by Crippen LogP contribution is 2.45. The smallest absolute Gasteiger partial charge is 0.312 e. The number of nitrogens with one attached hydrogen (secondary N) is 1. The summed E-state index contributed by atoms with van der Waals surface area (Å²) in [6.07, 6.45) is 7.49. The molecule has 2 saturated carbocycles. The van der Waals surface area contributed by atoms with Crippen LogP contribution in [0.2, 0.25) is 0 Å². The van der Waals surface area contributed by atoms with Gasteiger partial charge in [0.05, 0.1) is 37.2 Å². The number of hydrogen-bond acceptors (Lipinski definition) is 7. The van der Waals surface area contributed by atoms with Crippen molar-refractivity contribution in [2.24, 2.45) is 23.2 Å². The molecule has 3 aromatic rings. The van der Waals surface area contributed by atoms with Crippen molar-refractivity contribution in [3.8, 4) is 11.5 Å². The van der Waals surface area contributed by atoms with Crippen LogP contribution in [0.1, 0.15) is 60.5 Å². The van der Waals surface area contributed by atoms with E-state index in [-0.39, 0.29) is 48.4 Å². The van der Waals surface area contributed by atoms with E-state index in [9.17, 15) is 14.4 Å². The average molecular weight is 612 g/mol. The highest BCUT2D eigenvalue weighted by atomic mass is 16.5. The molecule has 1 N–H and O–H groups in total. The quantitative estimate of drug-likeness (QED) is 0.223. The first-order valence-electron chi connectivity index (χ1n) is 15.8. The molecule has 2 fully saturated rings. The molecule has 2 bridgehead atoms. The molecular weight excluding hydrogens is 570 g/mol. The van der Waals surface area contributed by atoms with Gasteiger partial charge in [-0.25, -0.2) is 0 Å². The topological polar surface area (TPSA) is 100 Å². The number of esters is 2. The van der Waals surface area contributed by atoms with E-state index >= 15 is 0 Å². The molecular formula is C37H41NO7. The molecule has 0 saturated heterocycles. The maximum absolute atomic E-state index is 13.6. The summed E-state index contributed by atoms with van der Waals surface area (Å²) >= 11 is 0. The van der Waals surface area contributed by atoms with Crippen molar-refractivity contribution < 1.29 is 33.3 Å². The summed E-state index contributed by atoms with van der Waals surface area (Å²) in [6, 6.07) is 17.3. The normalized spacial score (nSPS) is 26.8. The van der Waals surface area contributed by atoms with Crippen molar-refractivity contribution in [2.45, 2.75) is 64.7 Å². The van der Waals surface area contributed by atoms with Crippen LogP contribution in [0.4, 0.5) is 0 Å². The number of fused-ring (bicyclic) bond motifs is 3. The zero-order valence-electron chi connectivity index (χ0n) is 26.3. The van der Waals surface area contributed by atoms with Crippen LogP contribution in [-0.2, 0) is 25.7 Å². The van der Waals surface area contributed by atoms with Crippen LogP contribution in [0.3, 0.4) is 0 Å². The third-order valence-electron chi connectivity index (χ3n) is 10.0. The Morgan fingerprint density at radius 1 is 0.933 bits per heavy atom. The van der Waals surface area contributed by atoms with E-state index in [1.54, 1.807) is 12.1 Å². The molecule has 6 rings (SSSR count). The van der Waals surface area contributed by atoms with Gasteiger partial charge in [-0.05, 0) is 91.8 Å². The number of carbonyl (C=O) groups excluding carboxylic acids is 3. The second kappa shape index (κ2) is 12.6. The van der Waals surface area contributed by atoms with Crippen LogP contribution in [-0.4, -0.2) is 44.2 Å². The predicted molar refractivity (Wildman–Crippen MR) is 170 cm³/mol. The largest absolute Gasteiger partial charge is 0.496 e. The van der Waals surface area contributed by atoms with Crippen molar-refractivity contribution in [3.63, 3.8) is 0 Å². The Morgan fingerprint density at radius 3 is 2.42 bits per heavy atom. The standard InChI is InChI=1S/C37H41NO7/c1-22-18-31(42-3)29(34(39)38-33-25-13-12-24(19-25)32(33)35(40)43-4)20-30(22)45-27-14-16-37(2,17-15-27)36(41)44-21-26-10-7-9-23-8-5-6-11-28(23)26/h5-13,18,20,24-25,27,32-33H,14-17,19,21H2,1-4H3,(H,38,39)/t24-,25+,27?,32+,33-,37?/m1/s1. The van der Waals surface area contributed by atoms with Gasteiger partial charge >= 0.3 is 11.9 Å². The van der Waals surface area contributed by atoms with Crippen molar-refractivity contribution in [1.82, 2.24) is 5.32 Å². The van der Waals surface area contributed by atoms with Gasteiger partial charge in [-0.15, -0.1) is 0 Å². The highest BCUT2D eigenvalue weighted by molar-refractivity contribution is 5.98. The van der Waals surface area contributed by atoms with Gasteiger partial charge in [-0.2, -0.15) is 0 Å². The summed E-state index contributed by atoms with van der Waals surface area (Å²) in [5, 5.41) is 5.31. The van der Waals surface area contributed by atoms with Crippen molar-refractivity contribution in [1.29, 1.82) is 0 Å². The Balaban J connectivity index is 1.09. The molecule has 8 heteroatoms. The maximum Gasteiger partial charge on any atom is 0.312 e. The lowest BCUT2D eigenvalue weighted by Crippen LogP contribution is -2.46. The monoisotopic (exact) mass is 611 g/mol. The predicted octanol–water partition coefficient (Wildman–Crippen LogP) is 6.32. The molecule has 1 amide bonds. The van der Waals surface area contributed by atoms with Crippen molar-refractivity contribution in [3.05, 3.63) is 83.4 Å². The molecule has 0 aliphatic heterocycles. The number of carbonyl (C=O) groups is 3. The van der Waals surface area contributed by atoms with Gasteiger partial charge in [-0.3, -0.25) is 14.4 Å². The number of rotatable bonds is 9. The molecule has 8 nitrogen and oxygen atoms in total. The Hall–Kier alpha value is -4.33. The fraction of sp³-hybridized carbons (Fsp3) is 0.432. The number of amides is 1. The minimum atomic E-state index is -0.588. The fourth-order valence-electron chi connectivity index (χ4n) is 7.31. The Kier molecular flexibility index (Phi) is 8.58. The van der Waals surface area contributed by atoms with E-state index in [2.05, 4.69) is 23.5 Å². The number of methoxy groups -OCH3 is 2. The highest BCUT2D eigenvalue weighted by Gasteiger charge is 2.49. The molecule has 0 aromatic heterocycles. The first-order valence-corrected chi connectivity index (χ1v) is 15.8. The van der Waals surface area contributed by atoms with Gasteiger partial charge < -0.3 is 24.3 Å². The van der Waals surface area contributed by atoms with Crippen LogP contribution in [0.15, 0.2) is 66.7 Å². The molecule has 3 aromatic carbocycles. The fourth-order valence-corrected chi connectivity index (χ4v) is 7.31. The van der Waals surface area contributed by atoms with E-state index in [0.717, 1.165) is 28.3 Å². The first kappa shape index (κ1) is 30.7. The van der Waals surface area contributed by atoms with Gasteiger partial charge in [0.1, 0.15) is 18.1 Å². The molecule has 0 unspecified atom stereocenters. The Labute approximate surface area is 264 Å². The van der Waals surface area contributed by atoms with Crippen LogP contribution in [0.5, 0.6) is 11.5 Å². The Morgan fingerprint density at radius 2 is 1.67 bits per heavy atom. The maximum atomic E-state index is 13.6. The second-order valence-electron chi connectivity index (χ2n) is 12.9. The van der Waals surface area contributed by atoms with Crippen LogP contribution in [0.25, 0.3) is 10.8 Å². The van der Waals surface area contributed by atoms with Crippen LogP contribution in [0, 0.1) is 30.1 Å². The molecule has 3 aliphatic rings. The van der Waals surface area contributed by atoms with Crippen LogP contribution < -0.4 is 14.8 Å². The van der Waals surface area contributed by atoms with E-state index in [1.165, 1.54) is 14.2 Å². The van der Waals surface area contributed by atoms with Gasteiger partial charge in [-0.1, -0.05) is 54.6 Å². The molecule has 45 heavy (non-hydrogen) atoms. The summed E-state index contributed by atoms with van der Waals surface area (Å²) in [4.78, 5) is 39.4. The number of ether oxygens (including phenoxy) is 4. The molecule has 4 atom stereocenters. The summed E-state index contributed by atoms with van der Waals surface area (Å²) in [5.74, 6) is -0.0168. The number of benzene rings is 3. The van der Waals surface area contributed by atoms with Gasteiger partial charge in [0.2, 0.25) is 0 Å². The van der Waals surface area contributed by atoms with Gasteiger partial charge in [0, 0.05) is 6.04 Å². The lowest BCUT2D eigenvalue weighted by atomic mass is 9.74. The summed E-state index contributed by atoms with van der Waals surface area (Å²) < 4.78 is 22.9. The summed E-state index contributed by atoms with van der Waals surface area (Å²) in [7, 11) is 2.91. The van der Waals surface area contributed by atoms with Gasteiger partial charge in [0.15, 0.2) is 0 Å². The Bertz CT molecular complexity index is 1630. The van der Waals surface area contributed by atoms with E-state index in [1.807, 2.05) is 50.3 Å². The van der Waals surface area contributed by atoms with Crippen molar-refractivity contribution >= 4 is 28.6 Å². The molecule has 0 heterocycles. The third kappa shape index (κ3) is 6.02.